The molecule has 0 aromatic heterocycles. The van der Waals surface area contributed by atoms with E-state index in [2.05, 4.69) is 55.3 Å². The van der Waals surface area contributed by atoms with Crippen LogP contribution in [0.15, 0.2) is 77.7 Å². The molecule has 0 unspecified atom stereocenters. The van der Waals surface area contributed by atoms with Crippen LogP contribution >= 0.6 is 23.4 Å². The van der Waals surface area contributed by atoms with Gasteiger partial charge in [0, 0.05) is 53.0 Å². The molecule has 0 spiro atoms. The maximum atomic E-state index is 12.7. The summed E-state index contributed by atoms with van der Waals surface area (Å²) in [5.74, 6) is 0.370. The highest BCUT2D eigenvalue weighted by molar-refractivity contribution is 8.00. The minimum absolute atomic E-state index is 0.0259. The second kappa shape index (κ2) is 11.4. The third kappa shape index (κ3) is 6.83. The van der Waals surface area contributed by atoms with Gasteiger partial charge >= 0.3 is 0 Å². The van der Waals surface area contributed by atoms with E-state index in [1.54, 1.807) is 24.3 Å². The smallest absolute Gasteiger partial charge is 0.253 e. The van der Waals surface area contributed by atoms with E-state index in [1.807, 2.05) is 29.2 Å². The third-order valence-corrected chi connectivity index (χ3v) is 7.53. The molecule has 3 aromatic rings. The lowest BCUT2D eigenvalue weighted by Crippen LogP contribution is -2.48. The average molecular weight is 522 g/mol. The monoisotopic (exact) mass is 521 g/mol. The number of carbonyl (C=O) groups is 2. The Morgan fingerprint density at radius 1 is 0.861 bits per heavy atom. The van der Waals surface area contributed by atoms with E-state index in [0.29, 0.717) is 29.4 Å². The van der Waals surface area contributed by atoms with Gasteiger partial charge in [-0.05, 0) is 71.6 Å². The SMILES string of the molecule is CC(C)(C)c1ccc(SCC(=O)Nc2ccc(N3CCN(C(=O)c4ccc(Cl)cc4)CC3)cc2)cc1. The number of nitrogens with zero attached hydrogens (tertiary/aromatic N) is 2. The molecule has 4 rings (SSSR count). The molecule has 0 radical (unpaired) electrons. The summed E-state index contributed by atoms with van der Waals surface area (Å²) in [5.41, 5.74) is 3.93. The van der Waals surface area contributed by atoms with Gasteiger partial charge in [-0.3, -0.25) is 9.59 Å². The summed E-state index contributed by atoms with van der Waals surface area (Å²) in [6, 6.07) is 23.3. The quantitative estimate of drug-likeness (QED) is 0.385. The molecule has 0 aliphatic carbocycles. The van der Waals surface area contributed by atoms with Crippen molar-refractivity contribution in [2.24, 2.45) is 0 Å². The molecule has 36 heavy (non-hydrogen) atoms. The van der Waals surface area contributed by atoms with Crippen LogP contribution in [0.3, 0.4) is 0 Å². The van der Waals surface area contributed by atoms with Crippen LogP contribution in [-0.2, 0) is 10.2 Å². The largest absolute Gasteiger partial charge is 0.368 e. The van der Waals surface area contributed by atoms with E-state index in [4.69, 9.17) is 11.6 Å². The maximum Gasteiger partial charge on any atom is 0.253 e. The molecule has 1 N–H and O–H groups in total. The van der Waals surface area contributed by atoms with Gasteiger partial charge in [0.15, 0.2) is 0 Å². The third-order valence-electron chi connectivity index (χ3n) is 6.26. The first kappa shape index (κ1) is 26.1. The van der Waals surface area contributed by atoms with Crippen LogP contribution in [0.2, 0.25) is 5.02 Å². The Kier molecular flexibility index (Phi) is 8.27. The summed E-state index contributed by atoms with van der Waals surface area (Å²) in [7, 11) is 0. The van der Waals surface area contributed by atoms with Gasteiger partial charge in [0.1, 0.15) is 0 Å². The van der Waals surface area contributed by atoms with Gasteiger partial charge in [-0.1, -0.05) is 44.5 Å². The number of thioether (sulfide) groups is 1. The van der Waals surface area contributed by atoms with Crippen LogP contribution < -0.4 is 10.2 Å². The van der Waals surface area contributed by atoms with Crippen LogP contribution in [0.5, 0.6) is 0 Å². The van der Waals surface area contributed by atoms with E-state index in [0.717, 1.165) is 29.4 Å². The molecule has 5 nitrogen and oxygen atoms in total. The molecule has 2 amide bonds. The molecule has 7 heteroatoms. The fourth-order valence-corrected chi connectivity index (χ4v) is 4.92. The van der Waals surface area contributed by atoms with Crippen LogP contribution in [0, 0.1) is 0 Å². The first-order chi connectivity index (χ1) is 17.2. The van der Waals surface area contributed by atoms with Crippen molar-refractivity contribution in [2.45, 2.75) is 31.1 Å². The number of hydrogen-bond acceptors (Lipinski definition) is 4. The standard InChI is InChI=1S/C29H32ClN3O2S/c1-29(2,3)22-6-14-26(15-7-22)36-20-27(34)31-24-10-12-25(13-11-24)32-16-18-33(19-17-32)28(35)21-4-8-23(30)9-5-21/h4-15H,16-20H2,1-3H3,(H,31,34). The Balaban J connectivity index is 1.24. The molecule has 0 bridgehead atoms. The van der Waals surface area contributed by atoms with Gasteiger partial charge in [-0.15, -0.1) is 11.8 Å². The summed E-state index contributed by atoms with van der Waals surface area (Å²) in [4.78, 5) is 30.4. The summed E-state index contributed by atoms with van der Waals surface area (Å²) in [6.45, 7) is 9.42. The van der Waals surface area contributed by atoms with Gasteiger partial charge in [0.25, 0.3) is 5.91 Å². The zero-order valence-corrected chi connectivity index (χ0v) is 22.5. The molecule has 1 heterocycles. The summed E-state index contributed by atoms with van der Waals surface area (Å²) in [5, 5.41) is 3.61. The maximum absolute atomic E-state index is 12.7. The molecule has 1 aliphatic heterocycles. The summed E-state index contributed by atoms with van der Waals surface area (Å²) in [6.07, 6.45) is 0. The van der Waals surface area contributed by atoms with Crippen molar-refractivity contribution in [1.82, 2.24) is 4.90 Å². The number of hydrogen-bond donors (Lipinski definition) is 1. The van der Waals surface area contributed by atoms with E-state index in [1.165, 1.54) is 17.3 Å². The zero-order chi connectivity index (χ0) is 25.7. The molecular weight excluding hydrogens is 490 g/mol. The fraction of sp³-hybridized carbons (Fsp3) is 0.310. The lowest BCUT2D eigenvalue weighted by atomic mass is 9.87. The number of carbonyl (C=O) groups excluding carboxylic acids is 2. The number of anilines is 2. The topological polar surface area (TPSA) is 52.7 Å². The summed E-state index contributed by atoms with van der Waals surface area (Å²) < 4.78 is 0. The van der Waals surface area contributed by atoms with Gasteiger partial charge in [0.05, 0.1) is 5.75 Å². The second-order valence-electron chi connectivity index (χ2n) is 9.94. The van der Waals surface area contributed by atoms with E-state index >= 15 is 0 Å². The van der Waals surface area contributed by atoms with Gasteiger partial charge in [-0.25, -0.2) is 0 Å². The number of amides is 2. The average Bonchev–Trinajstić information content (AvgIpc) is 2.88. The molecule has 1 fully saturated rings. The predicted molar refractivity (Wildman–Crippen MR) is 151 cm³/mol. The van der Waals surface area contributed by atoms with Gasteiger partial charge in [0.2, 0.25) is 5.91 Å². The van der Waals surface area contributed by atoms with E-state index in [-0.39, 0.29) is 17.2 Å². The van der Waals surface area contributed by atoms with Crippen LogP contribution in [-0.4, -0.2) is 48.6 Å². The highest BCUT2D eigenvalue weighted by atomic mass is 35.5. The van der Waals surface area contributed by atoms with Crippen molar-refractivity contribution in [3.63, 3.8) is 0 Å². The van der Waals surface area contributed by atoms with Crippen molar-refractivity contribution in [2.75, 3.05) is 42.1 Å². The highest BCUT2D eigenvalue weighted by Gasteiger charge is 2.22. The first-order valence-electron chi connectivity index (χ1n) is 12.1. The van der Waals surface area contributed by atoms with Crippen LogP contribution in [0.1, 0.15) is 36.7 Å². The first-order valence-corrected chi connectivity index (χ1v) is 13.5. The molecular formula is C29H32ClN3O2S. The molecule has 0 saturated carbocycles. The Bertz CT molecular complexity index is 1180. The molecule has 1 aliphatic rings. The van der Waals surface area contributed by atoms with E-state index in [9.17, 15) is 9.59 Å². The van der Waals surface area contributed by atoms with Gasteiger partial charge in [-0.2, -0.15) is 0 Å². The lowest BCUT2D eigenvalue weighted by molar-refractivity contribution is -0.113. The van der Waals surface area contributed by atoms with Gasteiger partial charge < -0.3 is 15.1 Å². The summed E-state index contributed by atoms with van der Waals surface area (Å²) >= 11 is 7.47. The molecule has 188 valence electrons. The number of benzene rings is 3. The van der Waals surface area contributed by atoms with Crippen molar-refractivity contribution in [1.29, 1.82) is 0 Å². The van der Waals surface area contributed by atoms with Crippen LogP contribution in [0.4, 0.5) is 11.4 Å². The predicted octanol–water partition coefficient (Wildman–Crippen LogP) is 6.33. The Hall–Kier alpha value is -2.96. The Morgan fingerprint density at radius 3 is 2.06 bits per heavy atom. The number of rotatable bonds is 6. The second-order valence-corrected chi connectivity index (χ2v) is 11.4. The van der Waals surface area contributed by atoms with Crippen molar-refractivity contribution in [3.05, 3.63) is 88.9 Å². The van der Waals surface area contributed by atoms with Crippen molar-refractivity contribution < 1.29 is 9.59 Å². The zero-order valence-electron chi connectivity index (χ0n) is 21.0. The number of piperazine rings is 1. The Morgan fingerprint density at radius 2 is 1.47 bits per heavy atom. The van der Waals surface area contributed by atoms with E-state index < -0.39 is 0 Å². The fourth-order valence-electron chi connectivity index (χ4n) is 4.10. The number of nitrogens with one attached hydrogen (secondary N) is 1. The van der Waals surface area contributed by atoms with Crippen molar-refractivity contribution >= 4 is 46.6 Å². The lowest BCUT2D eigenvalue weighted by Gasteiger charge is -2.36. The van der Waals surface area contributed by atoms with Crippen LogP contribution in [0.25, 0.3) is 0 Å². The minimum atomic E-state index is -0.0259. The molecule has 3 aromatic carbocycles. The minimum Gasteiger partial charge on any atom is -0.368 e. The molecule has 1 saturated heterocycles. The highest BCUT2D eigenvalue weighted by Crippen LogP contribution is 2.26. The Labute approximate surface area is 222 Å². The molecule has 0 atom stereocenters. The number of halogens is 1. The normalized spacial score (nSPS) is 14.0. The van der Waals surface area contributed by atoms with Crippen molar-refractivity contribution in [3.8, 4) is 0 Å².